The van der Waals surface area contributed by atoms with Crippen molar-refractivity contribution in [2.75, 3.05) is 31.7 Å². The first-order valence-corrected chi connectivity index (χ1v) is 12.3. The van der Waals surface area contributed by atoms with Gasteiger partial charge in [-0.2, -0.15) is 5.26 Å². The zero-order valence-electron chi connectivity index (χ0n) is 22.3. The van der Waals surface area contributed by atoms with E-state index in [-0.39, 0.29) is 24.4 Å². The normalized spacial score (nSPS) is 12.4. The molecule has 2 N–H and O–H groups in total. The third-order valence-corrected chi connectivity index (χ3v) is 6.34. The van der Waals surface area contributed by atoms with E-state index < -0.39 is 6.10 Å². The summed E-state index contributed by atoms with van der Waals surface area (Å²) < 4.78 is 26.4. The van der Waals surface area contributed by atoms with Gasteiger partial charge in [-0.25, -0.2) is 14.4 Å². The van der Waals surface area contributed by atoms with Crippen molar-refractivity contribution in [3.05, 3.63) is 54.6 Å². The van der Waals surface area contributed by atoms with Gasteiger partial charge in [0.05, 0.1) is 28.4 Å². The van der Waals surface area contributed by atoms with Gasteiger partial charge in [-0.05, 0) is 42.7 Å². The first kappa shape index (κ1) is 26.9. The van der Waals surface area contributed by atoms with Crippen molar-refractivity contribution in [3.8, 4) is 28.8 Å². The Balaban J connectivity index is 1.87. The first-order chi connectivity index (χ1) is 18.0. The van der Waals surface area contributed by atoms with Crippen LogP contribution in [0.3, 0.4) is 0 Å². The molecule has 9 heteroatoms. The molecule has 2 aromatic carbocycles. The standard InChI is InChI=1S/C29H32FN5O3/c1-7-11-35(6)21-15-19(30)14-20-25-26(32-17(2)33-28(25)34-27(20)21)18-8-9-22(23(13-18)37-12-10-31)38-16-24(36)29(3,4)5/h7-9,13-15,24,36H,1,11-12,16H2,2-6H3,(H,32,33,34). The van der Waals surface area contributed by atoms with E-state index in [4.69, 9.17) is 19.7 Å². The lowest BCUT2D eigenvalue weighted by Gasteiger charge is -2.26. The number of likely N-dealkylation sites (N-methyl/N-ethyl adjacent to an activating group) is 1. The summed E-state index contributed by atoms with van der Waals surface area (Å²) in [6, 6.07) is 10.2. The number of ether oxygens (including phenoxy) is 2. The van der Waals surface area contributed by atoms with Gasteiger partial charge in [0.15, 0.2) is 18.1 Å². The Morgan fingerprint density at radius 1 is 1.21 bits per heavy atom. The molecule has 4 rings (SSSR count). The molecule has 1 atom stereocenters. The summed E-state index contributed by atoms with van der Waals surface area (Å²) in [4.78, 5) is 14.5. The summed E-state index contributed by atoms with van der Waals surface area (Å²) in [6.07, 6.45) is 1.05. The number of aryl methyl sites for hydroxylation is 1. The number of aromatic nitrogens is 3. The zero-order valence-corrected chi connectivity index (χ0v) is 22.3. The number of anilines is 1. The second kappa shape index (κ2) is 10.7. The number of aliphatic hydroxyl groups is 1. The van der Waals surface area contributed by atoms with Crippen molar-refractivity contribution < 1.29 is 19.0 Å². The molecule has 38 heavy (non-hydrogen) atoms. The molecule has 2 heterocycles. The summed E-state index contributed by atoms with van der Waals surface area (Å²) in [5.74, 6) is 0.892. The second-order valence-electron chi connectivity index (χ2n) is 10.3. The van der Waals surface area contributed by atoms with Gasteiger partial charge in [0.2, 0.25) is 0 Å². The Labute approximate surface area is 221 Å². The molecule has 4 aromatic rings. The highest BCUT2D eigenvalue weighted by molar-refractivity contribution is 6.15. The molecule has 0 aliphatic rings. The quantitative estimate of drug-likeness (QED) is 0.281. The lowest BCUT2D eigenvalue weighted by atomic mass is 9.90. The van der Waals surface area contributed by atoms with Crippen LogP contribution in [0.2, 0.25) is 0 Å². The number of rotatable bonds is 9. The summed E-state index contributed by atoms with van der Waals surface area (Å²) in [5, 5.41) is 20.8. The van der Waals surface area contributed by atoms with Crippen LogP contribution < -0.4 is 14.4 Å². The molecule has 0 radical (unpaired) electrons. The first-order valence-electron chi connectivity index (χ1n) is 12.3. The highest BCUT2D eigenvalue weighted by Gasteiger charge is 2.24. The van der Waals surface area contributed by atoms with Crippen molar-refractivity contribution in [1.29, 1.82) is 5.26 Å². The molecule has 198 valence electrons. The molecule has 0 aliphatic heterocycles. The third kappa shape index (κ3) is 5.41. The minimum atomic E-state index is -0.704. The van der Waals surface area contributed by atoms with Crippen LogP contribution >= 0.6 is 0 Å². The van der Waals surface area contributed by atoms with E-state index in [1.54, 1.807) is 25.1 Å². The highest BCUT2D eigenvalue weighted by atomic mass is 19.1. The van der Waals surface area contributed by atoms with Crippen LogP contribution in [0.15, 0.2) is 43.0 Å². The molecule has 0 saturated heterocycles. The Bertz CT molecular complexity index is 1530. The SMILES string of the molecule is C=CCN(C)c1cc(F)cc2c1[nH]c1nc(C)nc(-c3ccc(OCC(O)C(C)(C)C)c(OCC#N)c3)c12. The molecular weight excluding hydrogens is 485 g/mol. The predicted octanol–water partition coefficient (Wildman–Crippen LogP) is 5.54. The average molecular weight is 518 g/mol. The van der Waals surface area contributed by atoms with Crippen molar-refractivity contribution in [1.82, 2.24) is 15.0 Å². The fourth-order valence-corrected chi connectivity index (χ4v) is 4.18. The molecule has 1 unspecified atom stereocenters. The van der Waals surface area contributed by atoms with Gasteiger partial charge in [-0.1, -0.05) is 26.8 Å². The summed E-state index contributed by atoms with van der Waals surface area (Å²) >= 11 is 0. The van der Waals surface area contributed by atoms with Gasteiger partial charge in [-0.3, -0.25) is 0 Å². The molecular formula is C29H32FN5O3. The maximum absolute atomic E-state index is 14.8. The number of hydrogen-bond donors (Lipinski definition) is 2. The van der Waals surface area contributed by atoms with Crippen molar-refractivity contribution in [2.24, 2.45) is 5.41 Å². The number of hydrogen-bond acceptors (Lipinski definition) is 7. The number of aromatic amines is 1. The topological polar surface area (TPSA) is 107 Å². The van der Waals surface area contributed by atoms with E-state index in [0.29, 0.717) is 57.2 Å². The van der Waals surface area contributed by atoms with E-state index >= 15 is 0 Å². The molecule has 0 amide bonds. The zero-order chi connectivity index (χ0) is 27.6. The highest BCUT2D eigenvalue weighted by Crippen LogP contribution is 2.39. The second-order valence-corrected chi connectivity index (χ2v) is 10.3. The number of nitrogens with zero attached hydrogens (tertiary/aromatic N) is 4. The lowest BCUT2D eigenvalue weighted by molar-refractivity contribution is 0.0210. The summed E-state index contributed by atoms with van der Waals surface area (Å²) in [7, 11) is 1.87. The van der Waals surface area contributed by atoms with E-state index in [2.05, 4.69) is 16.5 Å². The van der Waals surface area contributed by atoms with Gasteiger partial charge in [0.1, 0.15) is 30.0 Å². The van der Waals surface area contributed by atoms with Crippen LogP contribution in [0.25, 0.3) is 33.2 Å². The average Bonchev–Trinajstić information content (AvgIpc) is 3.22. The molecule has 8 nitrogen and oxygen atoms in total. The number of aliphatic hydroxyl groups excluding tert-OH is 1. The van der Waals surface area contributed by atoms with Crippen molar-refractivity contribution in [3.63, 3.8) is 0 Å². The number of nitrogens with one attached hydrogen (secondary N) is 1. The monoisotopic (exact) mass is 517 g/mol. The number of H-pyrrole nitrogens is 1. The molecule has 0 fully saturated rings. The smallest absolute Gasteiger partial charge is 0.174 e. The third-order valence-electron chi connectivity index (χ3n) is 6.34. The molecule has 2 aromatic heterocycles. The summed E-state index contributed by atoms with van der Waals surface area (Å²) in [6.45, 7) is 11.8. The van der Waals surface area contributed by atoms with E-state index in [1.165, 1.54) is 12.1 Å². The van der Waals surface area contributed by atoms with Crippen LogP contribution in [-0.2, 0) is 0 Å². The van der Waals surface area contributed by atoms with Crippen LogP contribution in [0.1, 0.15) is 26.6 Å². The molecule has 0 saturated carbocycles. The maximum atomic E-state index is 14.8. The van der Waals surface area contributed by atoms with E-state index in [9.17, 15) is 9.50 Å². The molecule has 0 aliphatic carbocycles. The van der Waals surface area contributed by atoms with Gasteiger partial charge >= 0.3 is 0 Å². The van der Waals surface area contributed by atoms with E-state index in [1.807, 2.05) is 44.9 Å². The number of nitriles is 1. The van der Waals surface area contributed by atoms with Gasteiger partial charge < -0.3 is 24.5 Å². The van der Waals surface area contributed by atoms with Crippen LogP contribution in [0, 0.1) is 29.5 Å². The van der Waals surface area contributed by atoms with Crippen molar-refractivity contribution >= 4 is 27.6 Å². The fraction of sp³-hybridized carbons (Fsp3) is 0.345. The largest absolute Gasteiger partial charge is 0.487 e. The van der Waals surface area contributed by atoms with Crippen LogP contribution in [0.5, 0.6) is 11.5 Å². The lowest BCUT2D eigenvalue weighted by Crippen LogP contribution is -2.32. The van der Waals surface area contributed by atoms with E-state index in [0.717, 1.165) is 5.52 Å². The molecule has 0 bridgehead atoms. The Kier molecular flexibility index (Phi) is 7.56. The number of fused-ring (bicyclic) bond motifs is 3. The minimum Gasteiger partial charge on any atom is -0.487 e. The maximum Gasteiger partial charge on any atom is 0.174 e. The fourth-order valence-electron chi connectivity index (χ4n) is 4.18. The minimum absolute atomic E-state index is 0.0609. The van der Waals surface area contributed by atoms with Crippen LogP contribution in [0.4, 0.5) is 10.1 Å². The molecule has 0 spiro atoms. The van der Waals surface area contributed by atoms with Crippen molar-refractivity contribution in [2.45, 2.75) is 33.8 Å². The van der Waals surface area contributed by atoms with Crippen LogP contribution in [-0.4, -0.2) is 53.0 Å². The summed E-state index contributed by atoms with van der Waals surface area (Å²) in [5.41, 5.74) is 2.91. The predicted molar refractivity (Wildman–Crippen MR) is 147 cm³/mol. The van der Waals surface area contributed by atoms with Gasteiger partial charge in [0, 0.05) is 24.5 Å². The van der Waals surface area contributed by atoms with Gasteiger partial charge in [0.25, 0.3) is 0 Å². The Morgan fingerprint density at radius 3 is 2.66 bits per heavy atom. The Morgan fingerprint density at radius 2 is 1.97 bits per heavy atom. The number of benzene rings is 2. The number of halogens is 1. The Hall–Kier alpha value is -4.16. The van der Waals surface area contributed by atoms with Gasteiger partial charge in [-0.15, -0.1) is 6.58 Å².